The van der Waals surface area contributed by atoms with Gasteiger partial charge in [0.2, 0.25) is 0 Å². The fourth-order valence-corrected chi connectivity index (χ4v) is 29.4. The van der Waals surface area contributed by atoms with Crippen LogP contribution in [0.5, 0.6) is 0 Å². The average Bonchev–Trinajstić information content (AvgIpc) is 1.51. The van der Waals surface area contributed by atoms with E-state index in [0.717, 1.165) is 28.0 Å². The maximum absolute atomic E-state index is 5.00. The first kappa shape index (κ1) is 89.6. The number of hydrogen-bond acceptors (Lipinski definition) is 4. The molecule has 12 nitrogen and oxygen atoms in total. The number of imidazole rings is 4. The Kier molecular flexibility index (Phi) is 24.1. The van der Waals surface area contributed by atoms with Gasteiger partial charge in [-0.05, 0) is 319 Å². The minimum Gasteiger partial charge on any atom is -0.255 e. The molecule has 8 aliphatic carbocycles. The zero-order valence-electron chi connectivity index (χ0n) is 84.7. The average molecular weight is 1850 g/mol. The van der Waals surface area contributed by atoms with Crippen LogP contribution in [0.4, 0.5) is 0 Å². The normalized spacial score (nSPS) is 18.3. The van der Waals surface area contributed by atoms with Crippen LogP contribution >= 0.6 is 0 Å². The van der Waals surface area contributed by atoms with Gasteiger partial charge in [0.05, 0.1) is 71.8 Å². The zero-order chi connectivity index (χ0) is 94.1. The van der Waals surface area contributed by atoms with Crippen LogP contribution in [0.25, 0.3) is 154 Å². The molecule has 0 bridgehead atoms. The number of rotatable bonds is 8. The lowest BCUT2D eigenvalue weighted by atomic mass is 9.79. The molecule has 712 valence electrons. The van der Waals surface area contributed by atoms with Crippen LogP contribution in [0.1, 0.15) is 371 Å². The number of para-hydroxylation sites is 4. The van der Waals surface area contributed by atoms with Gasteiger partial charge in [-0.15, -0.1) is 0 Å². The molecule has 8 saturated carbocycles. The first-order valence-electron chi connectivity index (χ1n) is 55.4. The minimum atomic E-state index is 0.641. The van der Waals surface area contributed by atoms with Crippen molar-refractivity contribution in [1.29, 1.82) is 0 Å². The molecule has 0 spiro atoms. The van der Waals surface area contributed by atoms with E-state index in [2.05, 4.69) is 262 Å². The lowest BCUT2D eigenvalue weighted by Gasteiger charge is -2.25. The van der Waals surface area contributed by atoms with Crippen molar-refractivity contribution in [2.45, 2.75) is 332 Å². The molecule has 8 aromatic carbocycles. The highest BCUT2D eigenvalue weighted by molar-refractivity contribution is 6.15. The minimum absolute atomic E-state index is 0.641. The Balaban J connectivity index is 0.0000000985. The summed E-state index contributed by atoms with van der Waals surface area (Å²) in [5.41, 5.74) is 43.6. The molecule has 0 unspecified atom stereocenters. The Labute approximate surface area is 825 Å². The fourth-order valence-electron chi connectivity index (χ4n) is 29.4. The van der Waals surface area contributed by atoms with Crippen molar-refractivity contribution in [3.8, 4) is 0 Å². The quantitative estimate of drug-likeness (QED) is 0.112. The summed E-state index contributed by atoms with van der Waals surface area (Å²) < 4.78 is 20.2. The molecule has 0 radical (unpaired) electrons. The first-order chi connectivity index (χ1) is 68.9. The third-order valence-corrected chi connectivity index (χ3v) is 36.7. The van der Waals surface area contributed by atoms with Crippen LogP contribution in [0, 0.1) is 27.7 Å². The van der Waals surface area contributed by atoms with Crippen LogP contribution in [0.2, 0.25) is 0 Å². The monoisotopic (exact) mass is 1850 g/mol. The molecule has 0 atom stereocenters. The summed E-state index contributed by atoms with van der Waals surface area (Å²) in [6, 6.07) is 65.8. The van der Waals surface area contributed by atoms with E-state index in [0.29, 0.717) is 41.4 Å². The van der Waals surface area contributed by atoms with Gasteiger partial charge in [0.15, 0.2) is 44.1 Å². The highest BCUT2D eigenvalue weighted by atomic mass is 15.1. The summed E-state index contributed by atoms with van der Waals surface area (Å²) in [5.74, 6) is 5.44. The number of nitrogens with zero attached hydrogens (tertiary/aromatic N) is 12. The van der Waals surface area contributed by atoms with E-state index < -0.39 is 0 Å². The molecule has 12 heteroatoms. The molecular formula is C128H144N12+4. The third kappa shape index (κ3) is 15.3. The van der Waals surface area contributed by atoms with E-state index in [-0.39, 0.29) is 0 Å². The Bertz CT molecular complexity index is 8200. The van der Waals surface area contributed by atoms with Crippen molar-refractivity contribution in [2.75, 3.05) is 0 Å². The van der Waals surface area contributed by atoms with Crippen molar-refractivity contribution in [3.05, 3.63) is 261 Å². The van der Waals surface area contributed by atoms with Gasteiger partial charge in [-0.1, -0.05) is 227 Å². The highest BCUT2D eigenvalue weighted by Crippen LogP contribution is 2.49. The molecule has 0 saturated heterocycles. The second-order valence-electron chi connectivity index (χ2n) is 44.9. The number of aromatic nitrogens is 12. The van der Waals surface area contributed by atoms with E-state index in [9.17, 15) is 0 Å². The van der Waals surface area contributed by atoms with Gasteiger partial charge in [0.1, 0.15) is 22.1 Å². The summed E-state index contributed by atoms with van der Waals surface area (Å²) in [7, 11) is 9.05. The van der Waals surface area contributed by atoms with E-state index in [1.165, 1.54) is 439 Å². The van der Waals surface area contributed by atoms with Crippen molar-refractivity contribution < 1.29 is 17.9 Å². The van der Waals surface area contributed by atoms with Gasteiger partial charge < -0.3 is 0 Å². The Morgan fingerprint density at radius 2 is 0.586 bits per heavy atom. The molecule has 8 fully saturated rings. The van der Waals surface area contributed by atoms with Gasteiger partial charge in [-0.2, -0.15) is 17.6 Å². The number of aryl methyl sites for hydroxylation is 8. The van der Waals surface area contributed by atoms with Crippen LogP contribution in [-0.2, 0) is 28.2 Å². The third-order valence-electron chi connectivity index (χ3n) is 36.7. The number of benzene rings is 8. The second kappa shape index (κ2) is 37.6. The maximum Gasteiger partial charge on any atom is 0.297 e. The standard InChI is InChI=1S/4C32H36N3/c1-21-17-18-33-30-25-15-9-10-16-27(25)35-31-26(23-13-7-4-8-14-23)19-24(22-11-5-3-6-12-22)20-28(31)34(2)32(35)29(21)30;1-21-18-19-33-30-26-20-24(22-10-5-3-6-11-22)16-17-27(26)35-31-25(23-12-7-4-8-13-23)14-9-15-28(31)34(2)32(35)29(21)30;1-21-18-19-33-30-26-17-16-24(22-10-5-3-6-11-22)20-28(26)35-31-25(23-12-7-4-8-13-23)14-9-15-27(31)34(2)32(35)29(21)30;1-21-18-19-33-30-26-15-9-14-25(23-12-7-4-8-13-23)31(26)35-27-17-16-24(22-10-5-3-6-11-22)20-28(27)34(2)32(35)29(21)30/h9-10,15-20,22-23H,3-8,11-14H2,1-2H3;3*9,14-20,22-23H,3-8,10-13H2,1-2H3/q4*+1. The largest absolute Gasteiger partial charge is 0.297 e. The summed E-state index contributed by atoms with van der Waals surface area (Å²) in [5, 5.41) is 10.3. The lowest BCUT2D eigenvalue weighted by Crippen LogP contribution is -2.27. The second-order valence-corrected chi connectivity index (χ2v) is 44.9. The summed E-state index contributed by atoms with van der Waals surface area (Å²) >= 11 is 0. The van der Waals surface area contributed by atoms with Gasteiger partial charge in [-0.3, -0.25) is 19.9 Å². The molecule has 12 aromatic heterocycles. The molecule has 0 aliphatic heterocycles. The molecular weight excluding hydrogens is 1710 g/mol. The topological polar surface area (TPSA) is 86.2 Å². The van der Waals surface area contributed by atoms with Crippen molar-refractivity contribution >= 4 is 154 Å². The number of fused-ring (bicyclic) bond motifs is 32. The molecule has 20 aromatic rings. The van der Waals surface area contributed by atoms with Crippen LogP contribution < -0.4 is 17.9 Å². The van der Waals surface area contributed by atoms with E-state index in [1.807, 2.05) is 24.8 Å². The first-order valence-corrected chi connectivity index (χ1v) is 55.4. The summed E-state index contributed by atoms with van der Waals surface area (Å²) in [4.78, 5) is 19.9. The SMILES string of the molecule is Cc1ccnc2c3cc(C4CCCCC4)ccc3n3c4c(C5CCCCC5)cccc4[n+](C)c3c12.Cc1ccnc2c3ccc(C4CCCCC4)cc3n3c4c(C5CCCCC5)cccc4[n+](C)c3c12.Cc1ccnc2c3cccc(C4CCCCC4)c3[n+]3c4ccc(C5CCCCC5)cc4n(C)c3c12.Cc1ccnc2c3ccccc3[n+]3c4c(C5CCCCC5)cc(C5CCCCC5)cc4n(C)c3c12. The van der Waals surface area contributed by atoms with Gasteiger partial charge >= 0.3 is 0 Å². The number of pyridine rings is 8. The molecule has 0 amide bonds. The summed E-state index contributed by atoms with van der Waals surface area (Å²) in [6.07, 6.45) is 62.1. The van der Waals surface area contributed by atoms with E-state index in [4.69, 9.17) is 19.9 Å². The van der Waals surface area contributed by atoms with Gasteiger partial charge in [0, 0.05) is 68.6 Å². The molecule has 12 heterocycles. The molecule has 8 aliphatic rings. The Morgan fingerprint density at radius 1 is 0.243 bits per heavy atom. The van der Waals surface area contributed by atoms with Crippen molar-refractivity contribution in [1.82, 2.24) is 37.9 Å². The van der Waals surface area contributed by atoms with Crippen molar-refractivity contribution in [3.63, 3.8) is 0 Å². The molecule has 0 N–H and O–H groups in total. The Hall–Kier alpha value is -11.8. The Morgan fingerprint density at radius 3 is 1.08 bits per heavy atom. The van der Waals surface area contributed by atoms with E-state index in [1.54, 1.807) is 16.7 Å². The predicted molar refractivity (Wildman–Crippen MR) is 581 cm³/mol. The van der Waals surface area contributed by atoms with Crippen molar-refractivity contribution in [2.24, 2.45) is 28.2 Å². The van der Waals surface area contributed by atoms with Gasteiger partial charge in [-0.25, -0.2) is 18.3 Å². The lowest BCUT2D eigenvalue weighted by molar-refractivity contribution is -0.617. The summed E-state index contributed by atoms with van der Waals surface area (Å²) in [6.45, 7) is 8.98. The van der Waals surface area contributed by atoms with Crippen LogP contribution in [0.3, 0.4) is 0 Å². The maximum atomic E-state index is 5.00. The molecule has 28 rings (SSSR count). The molecule has 140 heavy (non-hydrogen) atoms. The van der Waals surface area contributed by atoms with E-state index >= 15 is 0 Å². The van der Waals surface area contributed by atoms with Crippen LogP contribution in [0.15, 0.2) is 195 Å². The fraction of sp³-hybridized carbons (Fsp3) is 0.438. The van der Waals surface area contributed by atoms with Gasteiger partial charge in [0.25, 0.3) is 22.6 Å². The predicted octanol–water partition coefficient (Wildman–Crippen LogP) is 32.1. The number of hydrogen-bond donors (Lipinski definition) is 0. The van der Waals surface area contributed by atoms with Crippen LogP contribution in [-0.4, -0.2) is 37.9 Å². The smallest absolute Gasteiger partial charge is 0.255 e. The highest BCUT2D eigenvalue weighted by Gasteiger charge is 2.38. The zero-order valence-corrected chi connectivity index (χ0v) is 84.7.